The summed E-state index contributed by atoms with van der Waals surface area (Å²) in [6.07, 6.45) is 3.33. The molecule has 1 N–H and O–H groups in total. The highest BCUT2D eigenvalue weighted by molar-refractivity contribution is 5.96. The van der Waals surface area contributed by atoms with E-state index in [9.17, 15) is 19.1 Å². The fourth-order valence-electron chi connectivity index (χ4n) is 2.59. The molecule has 0 aromatic carbocycles. The molecule has 1 amide bonds. The summed E-state index contributed by atoms with van der Waals surface area (Å²) in [5.74, 6) is -1.89. The van der Waals surface area contributed by atoms with Gasteiger partial charge in [-0.05, 0) is 24.8 Å². The normalized spacial score (nSPS) is 22.6. The number of hydrogen-bond donors (Lipinski definition) is 1. The molecule has 1 aromatic rings. The molecule has 108 valence electrons. The van der Waals surface area contributed by atoms with Crippen molar-refractivity contribution in [2.75, 3.05) is 6.54 Å². The first-order valence-electron chi connectivity index (χ1n) is 6.68. The van der Waals surface area contributed by atoms with E-state index in [1.807, 2.05) is 6.92 Å². The van der Waals surface area contributed by atoms with E-state index in [1.54, 1.807) is 0 Å². The van der Waals surface area contributed by atoms with Gasteiger partial charge in [0, 0.05) is 24.4 Å². The number of halogens is 1. The van der Waals surface area contributed by atoms with Gasteiger partial charge in [-0.3, -0.25) is 4.79 Å². The topological polar surface area (TPSA) is 70.5 Å². The molecule has 1 saturated heterocycles. The van der Waals surface area contributed by atoms with Gasteiger partial charge in [0.05, 0.1) is 0 Å². The molecule has 1 aliphatic heterocycles. The molecule has 2 atom stereocenters. The summed E-state index contributed by atoms with van der Waals surface area (Å²) in [5, 5.41) is 9.29. The quantitative estimate of drug-likeness (QED) is 0.859. The number of aliphatic carboxylic acids is 1. The predicted octanol–water partition coefficient (Wildman–Crippen LogP) is 1.94. The number of likely N-dealkylation sites (tertiary alicyclic amines) is 1. The monoisotopic (exact) mass is 280 g/mol. The minimum absolute atomic E-state index is 0.138. The van der Waals surface area contributed by atoms with Gasteiger partial charge in [0.1, 0.15) is 6.04 Å². The molecule has 5 nitrogen and oxygen atoms in total. The Morgan fingerprint density at radius 1 is 1.55 bits per heavy atom. The zero-order valence-electron chi connectivity index (χ0n) is 11.3. The third-order valence-electron chi connectivity index (χ3n) is 3.81. The van der Waals surface area contributed by atoms with Crippen molar-refractivity contribution in [3.8, 4) is 0 Å². The molecule has 6 heteroatoms. The van der Waals surface area contributed by atoms with Gasteiger partial charge in [0.25, 0.3) is 5.91 Å². The molecule has 1 aliphatic rings. The third-order valence-corrected chi connectivity index (χ3v) is 3.81. The number of pyridine rings is 1. The van der Waals surface area contributed by atoms with Crippen LogP contribution in [0.5, 0.6) is 0 Å². The second-order valence-corrected chi connectivity index (χ2v) is 5.02. The summed E-state index contributed by atoms with van der Waals surface area (Å²) in [4.78, 5) is 28.4. The third kappa shape index (κ3) is 2.95. The van der Waals surface area contributed by atoms with Gasteiger partial charge in [0.15, 0.2) is 0 Å². The van der Waals surface area contributed by atoms with Gasteiger partial charge in [-0.25, -0.2) is 9.78 Å². The number of rotatable bonds is 3. The number of amides is 1. The van der Waals surface area contributed by atoms with Crippen LogP contribution in [-0.2, 0) is 4.79 Å². The van der Waals surface area contributed by atoms with Crippen molar-refractivity contribution >= 4 is 11.9 Å². The van der Waals surface area contributed by atoms with Crippen LogP contribution in [0.4, 0.5) is 4.39 Å². The second-order valence-electron chi connectivity index (χ2n) is 5.02. The number of piperidine rings is 1. The van der Waals surface area contributed by atoms with E-state index < -0.39 is 23.9 Å². The zero-order valence-corrected chi connectivity index (χ0v) is 11.3. The maximum Gasteiger partial charge on any atom is 0.326 e. The number of carbonyl (C=O) groups excluding carboxylic acids is 1. The van der Waals surface area contributed by atoms with Crippen molar-refractivity contribution in [1.82, 2.24) is 9.88 Å². The van der Waals surface area contributed by atoms with E-state index in [0.29, 0.717) is 18.9 Å². The summed E-state index contributed by atoms with van der Waals surface area (Å²) < 4.78 is 13.1. The maximum absolute atomic E-state index is 13.1. The Morgan fingerprint density at radius 2 is 2.30 bits per heavy atom. The van der Waals surface area contributed by atoms with Crippen LogP contribution in [0.25, 0.3) is 0 Å². The van der Waals surface area contributed by atoms with Crippen molar-refractivity contribution in [2.45, 2.75) is 32.2 Å². The number of carboxylic acids is 1. The highest BCUT2D eigenvalue weighted by Crippen LogP contribution is 2.26. The molecule has 2 heterocycles. The average Bonchev–Trinajstić information content (AvgIpc) is 2.45. The van der Waals surface area contributed by atoms with Crippen LogP contribution in [-0.4, -0.2) is 39.5 Å². The summed E-state index contributed by atoms with van der Waals surface area (Å²) in [6, 6.07) is 1.60. The average molecular weight is 280 g/mol. The fraction of sp³-hybridized carbons (Fsp3) is 0.500. The van der Waals surface area contributed by atoms with Crippen LogP contribution in [0.1, 0.15) is 36.5 Å². The largest absolute Gasteiger partial charge is 0.480 e. The Balaban J connectivity index is 2.21. The number of aromatic nitrogens is 1. The van der Waals surface area contributed by atoms with Gasteiger partial charge in [-0.15, -0.1) is 0 Å². The minimum atomic E-state index is -1.01. The number of carboxylic acid groups (broad SMARTS) is 1. The lowest BCUT2D eigenvalue weighted by Crippen LogP contribution is -2.50. The molecule has 0 spiro atoms. The van der Waals surface area contributed by atoms with Crippen molar-refractivity contribution in [2.24, 2.45) is 5.92 Å². The molecule has 20 heavy (non-hydrogen) atoms. The highest BCUT2D eigenvalue weighted by Gasteiger charge is 2.36. The summed E-state index contributed by atoms with van der Waals surface area (Å²) in [5.41, 5.74) is 0.138. The number of hydrogen-bond acceptors (Lipinski definition) is 3. The Hall–Kier alpha value is -1.98. The van der Waals surface area contributed by atoms with Crippen LogP contribution in [0.15, 0.2) is 18.3 Å². The van der Waals surface area contributed by atoms with E-state index in [-0.39, 0.29) is 5.56 Å². The molecule has 0 aliphatic carbocycles. The molecule has 0 radical (unpaired) electrons. The van der Waals surface area contributed by atoms with Gasteiger partial charge in [0.2, 0.25) is 5.95 Å². The predicted molar refractivity (Wildman–Crippen MR) is 69.7 cm³/mol. The molecular formula is C14H17FN2O3. The molecule has 1 fully saturated rings. The van der Waals surface area contributed by atoms with Crippen LogP contribution < -0.4 is 0 Å². The molecule has 1 aromatic heterocycles. The van der Waals surface area contributed by atoms with Gasteiger partial charge in [-0.2, -0.15) is 4.39 Å². The second kappa shape index (κ2) is 5.98. The van der Waals surface area contributed by atoms with E-state index in [0.717, 1.165) is 18.9 Å². The van der Waals surface area contributed by atoms with E-state index >= 15 is 0 Å². The van der Waals surface area contributed by atoms with Crippen molar-refractivity contribution in [1.29, 1.82) is 0 Å². The van der Waals surface area contributed by atoms with Crippen molar-refractivity contribution < 1.29 is 19.1 Å². The SMILES string of the molecule is CCC1CCN(C(=O)c2ccnc(F)c2)C(C(=O)O)C1. The summed E-state index contributed by atoms with van der Waals surface area (Å²) >= 11 is 0. The van der Waals surface area contributed by atoms with Gasteiger partial charge >= 0.3 is 5.97 Å². The molecule has 2 unspecified atom stereocenters. The standard InChI is InChI=1S/C14H17FN2O3/c1-2-9-4-6-17(11(7-9)14(19)20)13(18)10-3-5-16-12(15)8-10/h3,5,8-9,11H,2,4,6-7H2,1H3,(H,19,20). The van der Waals surface area contributed by atoms with Crippen LogP contribution in [0, 0.1) is 11.9 Å². The van der Waals surface area contributed by atoms with E-state index in [2.05, 4.69) is 4.98 Å². The first kappa shape index (κ1) is 14.4. The van der Waals surface area contributed by atoms with Crippen molar-refractivity contribution in [3.05, 3.63) is 29.8 Å². The number of nitrogens with zero attached hydrogens (tertiary/aromatic N) is 2. The Morgan fingerprint density at radius 3 is 2.90 bits per heavy atom. The fourth-order valence-corrected chi connectivity index (χ4v) is 2.59. The summed E-state index contributed by atoms with van der Waals surface area (Å²) in [7, 11) is 0. The molecule has 0 bridgehead atoms. The molecule has 2 rings (SSSR count). The minimum Gasteiger partial charge on any atom is -0.480 e. The first-order chi connectivity index (χ1) is 9.52. The smallest absolute Gasteiger partial charge is 0.326 e. The Kier molecular flexibility index (Phi) is 4.32. The Labute approximate surface area is 116 Å². The molecular weight excluding hydrogens is 263 g/mol. The van der Waals surface area contributed by atoms with Gasteiger partial charge < -0.3 is 10.0 Å². The van der Waals surface area contributed by atoms with E-state index in [1.165, 1.54) is 17.2 Å². The van der Waals surface area contributed by atoms with Crippen LogP contribution >= 0.6 is 0 Å². The van der Waals surface area contributed by atoms with E-state index in [4.69, 9.17) is 0 Å². The maximum atomic E-state index is 13.1. The van der Waals surface area contributed by atoms with Crippen LogP contribution in [0.3, 0.4) is 0 Å². The first-order valence-corrected chi connectivity index (χ1v) is 6.68. The lowest BCUT2D eigenvalue weighted by molar-refractivity contribution is -0.144. The Bertz CT molecular complexity index is 521. The highest BCUT2D eigenvalue weighted by atomic mass is 19.1. The lowest BCUT2D eigenvalue weighted by Gasteiger charge is -2.37. The summed E-state index contributed by atoms with van der Waals surface area (Å²) in [6.45, 7) is 2.40. The van der Waals surface area contributed by atoms with Crippen LogP contribution in [0.2, 0.25) is 0 Å². The molecule has 0 saturated carbocycles. The lowest BCUT2D eigenvalue weighted by atomic mass is 9.88. The van der Waals surface area contributed by atoms with Gasteiger partial charge in [-0.1, -0.05) is 13.3 Å². The number of carbonyl (C=O) groups is 2. The van der Waals surface area contributed by atoms with Crippen molar-refractivity contribution in [3.63, 3.8) is 0 Å². The zero-order chi connectivity index (χ0) is 14.7.